The molecule has 1 atom stereocenters. The van der Waals surface area contributed by atoms with Crippen molar-refractivity contribution in [3.63, 3.8) is 0 Å². The van der Waals surface area contributed by atoms with Gasteiger partial charge in [-0.3, -0.25) is 4.79 Å². The second-order valence-electron chi connectivity index (χ2n) is 7.52. The van der Waals surface area contributed by atoms with Gasteiger partial charge < -0.3 is 15.3 Å². The number of likely N-dealkylation sites (tertiary alicyclic amines) is 1. The molecule has 33 heavy (non-hydrogen) atoms. The second kappa shape index (κ2) is 10.2. The van der Waals surface area contributed by atoms with Crippen LogP contribution in [-0.2, 0) is 4.79 Å². The minimum atomic E-state index is -0.722. The van der Waals surface area contributed by atoms with Gasteiger partial charge >= 0.3 is 0 Å². The van der Waals surface area contributed by atoms with Crippen molar-refractivity contribution in [2.75, 3.05) is 18.9 Å². The summed E-state index contributed by atoms with van der Waals surface area (Å²) in [5, 5.41) is 15.8. The zero-order valence-corrected chi connectivity index (χ0v) is 20.2. The smallest absolute Gasteiger partial charge is 0.251 e. The SMILES string of the molecule is CN1CCC(O)C1=O.Cc1nc(Nc2nccc(-c3csc(-c4ccccc4)n3)n2)sc1C. The quantitative estimate of drug-likeness (QED) is 0.449. The van der Waals surface area contributed by atoms with Crippen molar-refractivity contribution in [2.45, 2.75) is 26.4 Å². The van der Waals surface area contributed by atoms with Gasteiger partial charge in [-0.05, 0) is 26.3 Å². The van der Waals surface area contributed by atoms with Crippen molar-refractivity contribution >= 4 is 39.7 Å². The Morgan fingerprint density at radius 2 is 1.88 bits per heavy atom. The summed E-state index contributed by atoms with van der Waals surface area (Å²) in [6.07, 6.45) is 1.61. The molecule has 4 heterocycles. The van der Waals surface area contributed by atoms with Gasteiger partial charge in [0.25, 0.3) is 5.91 Å². The number of nitrogens with one attached hydrogen (secondary N) is 1. The van der Waals surface area contributed by atoms with E-state index in [1.807, 2.05) is 36.6 Å². The molecule has 8 nitrogen and oxygen atoms in total. The van der Waals surface area contributed by atoms with Crippen molar-refractivity contribution in [3.8, 4) is 22.0 Å². The van der Waals surface area contributed by atoms with Crippen LogP contribution in [0.3, 0.4) is 0 Å². The standard InChI is InChI=1S/C18H15N5S2.C5H9NO2/c1-11-12(2)25-18(20-11)23-17-19-9-8-14(22-17)15-10-24-16(21-15)13-6-4-3-5-7-13;1-6-3-2-4(7)5(6)8/h3-10H,1-2H3,(H,19,20,22,23);4,7H,2-3H2,1H3. The number of aliphatic hydroxyl groups excluding tert-OH is 1. The van der Waals surface area contributed by atoms with E-state index < -0.39 is 6.10 Å². The number of hydrogen-bond acceptors (Lipinski definition) is 9. The molecule has 0 radical (unpaired) electrons. The predicted molar refractivity (Wildman–Crippen MR) is 132 cm³/mol. The van der Waals surface area contributed by atoms with Crippen LogP contribution in [0.15, 0.2) is 48.0 Å². The van der Waals surface area contributed by atoms with Crippen molar-refractivity contribution in [1.82, 2.24) is 24.8 Å². The molecule has 10 heteroatoms. The number of thiazole rings is 2. The maximum atomic E-state index is 10.6. The predicted octanol–water partition coefficient (Wildman–Crippen LogP) is 4.29. The molecule has 170 valence electrons. The Hall–Kier alpha value is -3.21. The van der Waals surface area contributed by atoms with Crippen LogP contribution in [-0.4, -0.2) is 55.5 Å². The number of benzene rings is 1. The first-order valence-corrected chi connectivity index (χ1v) is 12.1. The highest BCUT2D eigenvalue weighted by molar-refractivity contribution is 7.15. The molecule has 1 saturated heterocycles. The third-order valence-corrected chi connectivity index (χ3v) is 6.97. The number of nitrogens with zero attached hydrogens (tertiary/aromatic N) is 5. The minimum absolute atomic E-state index is 0.148. The number of aryl methyl sites for hydroxylation is 2. The number of likely N-dealkylation sites (N-methyl/N-ethyl adjacent to an activating group) is 1. The Morgan fingerprint density at radius 1 is 1.09 bits per heavy atom. The molecule has 1 amide bonds. The molecule has 4 aromatic rings. The monoisotopic (exact) mass is 480 g/mol. The molecule has 0 saturated carbocycles. The van der Waals surface area contributed by atoms with Gasteiger partial charge in [0.05, 0.1) is 11.4 Å². The van der Waals surface area contributed by atoms with Gasteiger partial charge in [-0.15, -0.1) is 22.7 Å². The fourth-order valence-corrected chi connectivity index (χ4v) is 4.72. The van der Waals surface area contributed by atoms with E-state index in [1.54, 1.807) is 35.9 Å². The van der Waals surface area contributed by atoms with E-state index in [2.05, 4.69) is 39.3 Å². The molecular weight excluding hydrogens is 456 g/mol. The molecule has 1 unspecified atom stereocenters. The molecule has 1 fully saturated rings. The molecule has 0 aliphatic carbocycles. The van der Waals surface area contributed by atoms with Crippen molar-refractivity contribution in [3.05, 3.63) is 58.5 Å². The third-order valence-electron chi connectivity index (χ3n) is 5.09. The van der Waals surface area contributed by atoms with E-state index in [0.29, 0.717) is 18.9 Å². The number of aromatic nitrogens is 4. The van der Waals surface area contributed by atoms with Crippen LogP contribution in [0.2, 0.25) is 0 Å². The van der Waals surface area contributed by atoms with Gasteiger partial charge in [0.1, 0.15) is 16.8 Å². The van der Waals surface area contributed by atoms with Crippen LogP contribution >= 0.6 is 22.7 Å². The number of anilines is 2. The normalized spacial score (nSPS) is 15.3. The first-order valence-electron chi connectivity index (χ1n) is 10.4. The van der Waals surface area contributed by atoms with E-state index in [1.165, 1.54) is 9.78 Å². The first-order chi connectivity index (χ1) is 15.9. The highest BCUT2D eigenvalue weighted by atomic mass is 32.1. The lowest BCUT2D eigenvalue weighted by Crippen LogP contribution is -2.24. The van der Waals surface area contributed by atoms with Crippen LogP contribution < -0.4 is 5.32 Å². The lowest BCUT2D eigenvalue weighted by molar-refractivity contribution is -0.133. The summed E-state index contributed by atoms with van der Waals surface area (Å²) in [5.41, 5.74) is 3.78. The zero-order valence-electron chi connectivity index (χ0n) is 18.5. The molecule has 1 aliphatic heterocycles. The largest absolute Gasteiger partial charge is 0.383 e. The fraction of sp³-hybridized carbons (Fsp3) is 0.261. The number of rotatable bonds is 4. The molecule has 2 N–H and O–H groups in total. The summed E-state index contributed by atoms with van der Waals surface area (Å²) in [7, 11) is 1.69. The molecule has 0 bridgehead atoms. The Kier molecular flexibility index (Phi) is 7.07. The second-order valence-corrected chi connectivity index (χ2v) is 9.58. The highest BCUT2D eigenvalue weighted by Crippen LogP contribution is 2.29. The number of carbonyl (C=O) groups excluding carboxylic acids is 1. The van der Waals surface area contributed by atoms with Crippen molar-refractivity contribution < 1.29 is 9.90 Å². The summed E-state index contributed by atoms with van der Waals surface area (Å²) < 4.78 is 0. The number of hydrogen-bond donors (Lipinski definition) is 2. The van der Waals surface area contributed by atoms with Crippen molar-refractivity contribution in [2.24, 2.45) is 0 Å². The fourth-order valence-electron chi connectivity index (χ4n) is 3.09. The van der Waals surface area contributed by atoms with Crippen LogP contribution in [0.1, 0.15) is 17.0 Å². The summed E-state index contributed by atoms with van der Waals surface area (Å²) in [6.45, 7) is 4.74. The van der Waals surface area contributed by atoms with Crippen molar-refractivity contribution in [1.29, 1.82) is 0 Å². The van der Waals surface area contributed by atoms with Crippen LogP contribution in [0, 0.1) is 13.8 Å². The van der Waals surface area contributed by atoms with Crippen LogP contribution in [0.4, 0.5) is 11.1 Å². The first kappa shape index (κ1) is 23.0. The lowest BCUT2D eigenvalue weighted by Gasteiger charge is -2.04. The average molecular weight is 481 g/mol. The van der Waals surface area contributed by atoms with E-state index in [0.717, 1.165) is 32.8 Å². The highest BCUT2D eigenvalue weighted by Gasteiger charge is 2.26. The molecule has 3 aromatic heterocycles. The van der Waals surface area contributed by atoms with Gasteiger partial charge in [-0.2, -0.15) is 0 Å². The van der Waals surface area contributed by atoms with Crippen LogP contribution in [0.5, 0.6) is 0 Å². The van der Waals surface area contributed by atoms with Gasteiger partial charge in [-0.25, -0.2) is 19.9 Å². The minimum Gasteiger partial charge on any atom is -0.383 e. The molecule has 1 aromatic carbocycles. The molecule has 1 aliphatic rings. The Balaban J connectivity index is 0.000000275. The average Bonchev–Trinajstić information content (AvgIpc) is 3.52. The Bertz CT molecular complexity index is 1210. The maximum Gasteiger partial charge on any atom is 0.251 e. The number of carbonyl (C=O) groups is 1. The van der Waals surface area contributed by atoms with Crippen LogP contribution in [0.25, 0.3) is 22.0 Å². The van der Waals surface area contributed by atoms with Gasteiger partial charge in [0.15, 0.2) is 5.13 Å². The zero-order chi connectivity index (χ0) is 23.4. The number of amides is 1. The van der Waals surface area contributed by atoms with Gasteiger partial charge in [0, 0.05) is 35.6 Å². The van der Waals surface area contributed by atoms with E-state index in [9.17, 15) is 4.79 Å². The topological polar surface area (TPSA) is 104 Å². The van der Waals surface area contributed by atoms with E-state index >= 15 is 0 Å². The Morgan fingerprint density at radius 3 is 2.48 bits per heavy atom. The summed E-state index contributed by atoms with van der Waals surface area (Å²) in [5.74, 6) is 0.380. The van der Waals surface area contributed by atoms with Gasteiger partial charge in [-0.1, -0.05) is 30.3 Å². The van der Waals surface area contributed by atoms with Gasteiger partial charge in [0.2, 0.25) is 5.95 Å². The van der Waals surface area contributed by atoms with E-state index in [-0.39, 0.29) is 5.91 Å². The summed E-state index contributed by atoms with van der Waals surface area (Å²) in [6, 6.07) is 12.0. The maximum absolute atomic E-state index is 10.6. The molecule has 5 rings (SSSR count). The Labute approximate surface area is 200 Å². The molecular formula is C23H24N6O2S2. The molecule has 0 spiro atoms. The summed E-state index contributed by atoms with van der Waals surface area (Å²) in [4.78, 5) is 31.3. The summed E-state index contributed by atoms with van der Waals surface area (Å²) >= 11 is 3.21. The third kappa shape index (κ3) is 5.59. The van der Waals surface area contributed by atoms with E-state index in [4.69, 9.17) is 10.1 Å². The number of aliphatic hydroxyl groups is 1. The lowest BCUT2D eigenvalue weighted by atomic mass is 10.2.